The fourth-order valence-corrected chi connectivity index (χ4v) is 2.63. The molecule has 0 heterocycles. The lowest BCUT2D eigenvalue weighted by Gasteiger charge is -2.10. The molecule has 0 aliphatic rings. The first-order valence-corrected chi connectivity index (χ1v) is 7.95. The average Bonchev–Trinajstić information content (AvgIpc) is 2.45. The van der Waals surface area contributed by atoms with Crippen molar-refractivity contribution in [1.82, 2.24) is 0 Å². The van der Waals surface area contributed by atoms with Crippen LogP contribution >= 0.6 is 39.1 Å². The Morgan fingerprint density at radius 2 is 1.81 bits per heavy atom. The molecule has 0 bridgehead atoms. The molecule has 2 nitrogen and oxygen atoms in total. The Labute approximate surface area is 142 Å². The van der Waals surface area contributed by atoms with Crippen LogP contribution in [0.15, 0.2) is 40.9 Å². The highest BCUT2D eigenvalue weighted by Crippen LogP contribution is 2.32. The first kappa shape index (κ1) is 16.3. The summed E-state index contributed by atoms with van der Waals surface area (Å²) in [5, 5.41) is 0.741. The zero-order valence-electron chi connectivity index (χ0n) is 11.3. The highest BCUT2D eigenvalue weighted by Gasteiger charge is 2.15. The van der Waals surface area contributed by atoms with Gasteiger partial charge in [0.15, 0.2) is 5.78 Å². The number of halogens is 3. The topological polar surface area (TPSA) is 26.3 Å². The minimum atomic E-state index is -0.0766. The number of hydrogen-bond acceptors (Lipinski definition) is 2. The molecule has 0 unspecified atom stereocenters. The Hall–Kier alpha value is -1.03. The summed E-state index contributed by atoms with van der Waals surface area (Å²) in [4.78, 5) is 12.3. The summed E-state index contributed by atoms with van der Waals surface area (Å²) in [6, 6.07) is 10.7. The van der Waals surface area contributed by atoms with Gasteiger partial charge in [-0.1, -0.05) is 51.3 Å². The van der Waals surface area contributed by atoms with E-state index in [9.17, 15) is 4.79 Å². The van der Waals surface area contributed by atoms with Crippen molar-refractivity contribution < 1.29 is 9.53 Å². The largest absolute Gasteiger partial charge is 0.492 e. The third-order valence-electron chi connectivity index (χ3n) is 2.90. The minimum absolute atomic E-state index is 0.0766. The van der Waals surface area contributed by atoms with Crippen LogP contribution < -0.4 is 4.74 Å². The van der Waals surface area contributed by atoms with Crippen LogP contribution in [0, 0.1) is 0 Å². The van der Waals surface area contributed by atoms with Gasteiger partial charge in [-0.05, 0) is 30.7 Å². The molecule has 0 aliphatic carbocycles. The van der Waals surface area contributed by atoms with E-state index >= 15 is 0 Å². The van der Waals surface area contributed by atoms with E-state index in [0.29, 0.717) is 28.0 Å². The molecular formula is C16H13BrCl2O2. The molecule has 0 N–H and O–H groups in total. The highest BCUT2D eigenvalue weighted by molar-refractivity contribution is 9.10. The van der Waals surface area contributed by atoms with Gasteiger partial charge >= 0.3 is 0 Å². The lowest BCUT2D eigenvalue weighted by atomic mass is 10.0. The average molecular weight is 388 g/mol. The lowest BCUT2D eigenvalue weighted by molar-refractivity contribution is 0.0993. The van der Waals surface area contributed by atoms with E-state index in [1.54, 1.807) is 12.1 Å². The molecule has 0 spiro atoms. The maximum Gasteiger partial charge on any atom is 0.168 e. The summed E-state index contributed by atoms with van der Waals surface area (Å²) < 4.78 is 6.32. The number of carbonyl (C=O) groups excluding carboxylic acids is 1. The summed E-state index contributed by atoms with van der Waals surface area (Å²) >= 11 is 15.6. The highest BCUT2D eigenvalue weighted by atomic mass is 79.9. The van der Waals surface area contributed by atoms with Crippen molar-refractivity contribution in [3.05, 3.63) is 62.0 Å². The third-order valence-corrected chi connectivity index (χ3v) is 4.04. The number of ether oxygens (including phenoxy) is 1. The van der Waals surface area contributed by atoms with Crippen LogP contribution in [0.4, 0.5) is 0 Å². The number of Topliss-reactive ketones (excluding diaryl/α,β-unsaturated/α-hetero) is 1. The van der Waals surface area contributed by atoms with Gasteiger partial charge in [-0.3, -0.25) is 4.79 Å². The van der Waals surface area contributed by atoms with Gasteiger partial charge in [-0.15, -0.1) is 0 Å². The molecule has 2 aromatic carbocycles. The number of ketones is 1. The van der Waals surface area contributed by atoms with Crippen LogP contribution in [0.2, 0.25) is 10.0 Å². The molecule has 0 saturated heterocycles. The predicted molar refractivity (Wildman–Crippen MR) is 89.8 cm³/mol. The summed E-state index contributed by atoms with van der Waals surface area (Å²) in [7, 11) is 0. The maximum atomic E-state index is 12.3. The van der Waals surface area contributed by atoms with Gasteiger partial charge < -0.3 is 4.74 Å². The Morgan fingerprint density at radius 3 is 2.43 bits per heavy atom. The standard InChI is InChI=1S/C16H13BrCl2O2/c1-2-21-16-9-13(18)12(8-14(16)19)15(20)7-10-3-5-11(17)6-4-10/h3-6,8-9H,2,7H2,1H3. The number of carbonyl (C=O) groups is 1. The Bertz CT molecular complexity index is 654. The molecule has 0 aliphatic heterocycles. The van der Waals surface area contributed by atoms with Gasteiger partial charge in [-0.2, -0.15) is 0 Å². The van der Waals surface area contributed by atoms with Crippen molar-refractivity contribution >= 4 is 44.9 Å². The Kier molecular flexibility index (Phi) is 5.68. The van der Waals surface area contributed by atoms with Crippen molar-refractivity contribution in [3.63, 3.8) is 0 Å². The first-order valence-electron chi connectivity index (χ1n) is 6.40. The second-order valence-corrected chi connectivity index (χ2v) is 6.15. The molecule has 0 amide bonds. The van der Waals surface area contributed by atoms with Crippen molar-refractivity contribution in [2.24, 2.45) is 0 Å². The summed E-state index contributed by atoms with van der Waals surface area (Å²) in [5.41, 5.74) is 1.33. The molecule has 0 fully saturated rings. The normalized spacial score (nSPS) is 10.5. The molecule has 110 valence electrons. The molecule has 2 rings (SSSR count). The molecule has 2 aromatic rings. The van der Waals surface area contributed by atoms with E-state index in [-0.39, 0.29) is 12.2 Å². The van der Waals surface area contributed by atoms with Crippen molar-refractivity contribution in [2.45, 2.75) is 13.3 Å². The summed E-state index contributed by atoms with van der Waals surface area (Å²) in [6.07, 6.45) is 0.275. The smallest absolute Gasteiger partial charge is 0.168 e. The van der Waals surface area contributed by atoms with Crippen LogP contribution in [0.5, 0.6) is 5.75 Å². The number of hydrogen-bond donors (Lipinski definition) is 0. The monoisotopic (exact) mass is 386 g/mol. The first-order chi connectivity index (χ1) is 10.0. The third kappa shape index (κ3) is 4.22. The number of benzene rings is 2. The van der Waals surface area contributed by atoms with E-state index in [2.05, 4.69) is 15.9 Å². The van der Waals surface area contributed by atoms with Crippen LogP contribution in [0.25, 0.3) is 0 Å². The maximum absolute atomic E-state index is 12.3. The van der Waals surface area contributed by atoms with E-state index in [1.165, 1.54) is 0 Å². The predicted octanol–water partition coefficient (Wildman–Crippen LogP) is 5.58. The van der Waals surface area contributed by atoms with Gasteiger partial charge in [0, 0.05) is 22.5 Å². The van der Waals surface area contributed by atoms with Crippen molar-refractivity contribution in [3.8, 4) is 5.75 Å². The van der Waals surface area contributed by atoms with Gasteiger partial charge in [0.25, 0.3) is 0 Å². The van der Waals surface area contributed by atoms with Gasteiger partial charge in [0.1, 0.15) is 5.75 Å². The molecular weight excluding hydrogens is 375 g/mol. The van der Waals surface area contributed by atoms with E-state index in [0.717, 1.165) is 10.0 Å². The Balaban J connectivity index is 2.23. The Morgan fingerprint density at radius 1 is 1.14 bits per heavy atom. The van der Waals surface area contributed by atoms with Crippen molar-refractivity contribution in [1.29, 1.82) is 0 Å². The lowest BCUT2D eigenvalue weighted by Crippen LogP contribution is -2.05. The minimum Gasteiger partial charge on any atom is -0.492 e. The van der Waals surface area contributed by atoms with Crippen LogP contribution in [-0.2, 0) is 6.42 Å². The SMILES string of the molecule is CCOc1cc(Cl)c(C(=O)Cc2ccc(Br)cc2)cc1Cl. The fourth-order valence-electron chi connectivity index (χ4n) is 1.89. The summed E-state index contributed by atoms with van der Waals surface area (Å²) in [6.45, 7) is 2.35. The summed E-state index contributed by atoms with van der Waals surface area (Å²) in [5.74, 6) is 0.414. The molecule has 0 saturated carbocycles. The van der Waals surface area contributed by atoms with Crippen molar-refractivity contribution in [2.75, 3.05) is 6.61 Å². The van der Waals surface area contributed by atoms with Gasteiger partial charge in [-0.25, -0.2) is 0 Å². The quantitative estimate of drug-likeness (QED) is 0.626. The van der Waals surface area contributed by atoms with E-state index in [4.69, 9.17) is 27.9 Å². The molecule has 0 radical (unpaired) electrons. The fraction of sp³-hybridized carbons (Fsp3) is 0.188. The van der Waals surface area contributed by atoms with Crippen LogP contribution in [0.3, 0.4) is 0 Å². The second-order valence-electron chi connectivity index (χ2n) is 4.42. The van der Waals surface area contributed by atoms with E-state index < -0.39 is 0 Å². The molecule has 0 aromatic heterocycles. The molecule has 5 heteroatoms. The van der Waals surface area contributed by atoms with Gasteiger partial charge in [0.05, 0.1) is 16.7 Å². The second kappa shape index (κ2) is 7.30. The van der Waals surface area contributed by atoms with Crippen LogP contribution in [0.1, 0.15) is 22.8 Å². The van der Waals surface area contributed by atoms with Crippen LogP contribution in [-0.4, -0.2) is 12.4 Å². The molecule has 0 atom stereocenters. The molecule has 21 heavy (non-hydrogen) atoms. The zero-order chi connectivity index (χ0) is 15.4. The van der Waals surface area contributed by atoms with Gasteiger partial charge in [0.2, 0.25) is 0 Å². The number of rotatable bonds is 5. The zero-order valence-corrected chi connectivity index (χ0v) is 14.4. The van der Waals surface area contributed by atoms with E-state index in [1.807, 2.05) is 31.2 Å².